The van der Waals surface area contributed by atoms with E-state index in [4.69, 9.17) is 4.74 Å². The summed E-state index contributed by atoms with van der Waals surface area (Å²) in [4.78, 5) is 32.9. The number of esters is 1. The van der Waals surface area contributed by atoms with E-state index < -0.39 is 34.9 Å². The lowest BCUT2D eigenvalue weighted by molar-refractivity contribution is -0.387. The number of anilines is 1. The van der Waals surface area contributed by atoms with Crippen LogP contribution in [0.1, 0.15) is 5.56 Å². The fourth-order valence-corrected chi connectivity index (χ4v) is 2.35. The molecular weight excluding hydrogens is 327 g/mol. The molecule has 0 aliphatic heterocycles. The van der Waals surface area contributed by atoms with Gasteiger partial charge in [-0.1, -0.05) is 0 Å². The van der Waals surface area contributed by atoms with Crippen molar-refractivity contribution in [1.29, 1.82) is 0 Å². The summed E-state index contributed by atoms with van der Waals surface area (Å²) in [5, 5.41) is 16.5. The molecule has 2 aromatic rings. The highest BCUT2D eigenvalue weighted by atomic mass is 32.1. The number of amides is 1. The van der Waals surface area contributed by atoms with Crippen molar-refractivity contribution in [2.75, 3.05) is 11.9 Å². The van der Waals surface area contributed by atoms with E-state index in [9.17, 15) is 24.1 Å². The number of nitro groups is 1. The van der Waals surface area contributed by atoms with Gasteiger partial charge in [0.05, 0.1) is 11.3 Å². The second-order valence-corrected chi connectivity index (χ2v) is 5.22. The van der Waals surface area contributed by atoms with Crippen molar-refractivity contribution >= 4 is 34.6 Å². The van der Waals surface area contributed by atoms with Crippen LogP contribution >= 0.6 is 11.3 Å². The van der Waals surface area contributed by atoms with Gasteiger partial charge < -0.3 is 10.1 Å². The Morgan fingerprint density at radius 3 is 2.78 bits per heavy atom. The number of rotatable bonds is 6. The minimum atomic E-state index is -1.00. The number of carbonyl (C=O) groups excluding carboxylic acids is 2. The lowest BCUT2D eigenvalue weighted by Gasteiger charge is -2.06. The Bertz CT molecular complexity index is 733. The van der Waals surface area contributed by atoms with E-state index in [1.807, 2.05) is 5.38 Å². The topological polar surface area (TPSA) is 98.5 Å². The van der Waals surface area contributed by atoms with E-state index in [0.717, 1.165) is 17.7 Å². The Morgan fingerprint density at radius 1 is 1.35 bits per heavy atom. The summed E-state index contributed by atoms with van der Waals surface area (Å²) < 4.78 is 18.0. The van der Waals surface area contributed by atoms with Crippen LogP contribution in [0.5, 0.6) is 0 Å². The summed E-state index contributed by atoms with van der Waals surface area (Å²) in [5.74, 6) is -2.25. The molecule has 7 nitrogen and oxygen atoms in total. The Balaban J connectivity index is 1.86. The van der Waals surface area contributed by atoms with Gasteiger partial charge in [0.15, 0.2) is 6.61 Å². The van der Waals surface area contributed by atoms with Gasteiger partial charge in [-0.15, -0.1) is 0 Å². The SMILES string of the molecule is O=C(COC(=O)Cc1ccsc1)Nc1ccc(F)c([N+](=O)[O-])c1. The third kappa shape index (κ3) is 4.85. The van der Waals surface area contributed by atoms with Crippen LogP contribution in [-0.4, -0.2) is 23.4 Å². The number of thiophene rings is 1. The predicted molar refractivity (Wildman–Crippen MR) is 80.7 cm³/mol. The molecule has 120 valence electrons. The summed E-state index contributed by atoms with van der Waals surface area (Å²) in [6, 6.07) is 4.70. The van der Waals surface area contributed by atoms with Crippen molar-refractivity contribution in [3.05, 3.63) is 56.5 Å². The fourth-order valence-electron chi connectivity index (χ4n) is 1.68. The van der Waals surface area contributed by atoms with Crippen molar-refractivity contribution < 1.29 is 23.6 Å². The van der Waals surface area contributed by atoms with Crippen molar-refractivity contribution in [2.24, 2.45) is 0 Å². The van der Waals surface area contributed by atoms with Crippen LogP contribution in [0.25, 0.3) is 0 Å². The monoisotopic (exact) mass is 338 g/mol. The first-order chi connectivity index (χ1) is 11.0. The quantitative estimate of drug-likeness (QED) is 0.496. The molecule has 0 saturated heterocycles. The third-order valence-electron chi connectivity index (χ3n) is 2.72. The van der Waals surface area contributed by atoms with Crippen LogP contribution in [0.3, 0.4) is 0 Å². The van der Waals surface area contributed by atoms with Gasteiger partial charge in [-0.05, 0) is 34.5 Å². The van der Waals surface area contributed by atoms with E-state index in [-0.39, 0.29) is 12.1 Å². The van der Waals surface area contributed by atoms with Crippen molar-refractivity contribution in [3.8, 4) is 0 Å². The van der Waals surface area contributed by atoms with Crippen LogP contribution in [0, 0.1) is 15.9 Å². The molecule has 0 aliphatic carbocycles. The molecule has 23 heavy (non-hydrogen) atoms. The summed E-state index contributed by atoms with van der Waals surface area (Å²) >= 11 is 1.44. The molecule has 0 bridgehead atoms. The third-order valence-corrected chi connectivity index (χ3v) is 3.45. The maximum absolute atomic E-state index is 13.2. The molecule has 2 rings (SSSR count). The van der Waals surface area contributed by atoms with E-state index >= 15 is 0 Å². The molecule has 1 aromatic heterocycles. The molecule has 0 fully saturated rings. The van der Waals surface area contributed by atoms with Gasteiger partial charge in [-0.25, -0.2) is 0 Å². The molecule has 0 radical (unpaired) electrons. The first-order valence-corrected chi connectivity index (χ1v) is 7.30. The number of benzene rings is 1. The van der Waals surface area contributed by atoms with Crippen LogP contribution in [0.15, 0.2) is 35.0 Å². The molecule has 0 unspecified atom stereocenters. The molecule has 0 saturated carbocycles. The van der Waals surface area contributed by atoms with Crippen LogP contribution in [0.2, 0.25) is 0 Å². The van der Waals surface area contributed by atoms with Crippen LogP contribution < -0.4 is 5.32 Å². The standard InChI is InChI=1S/C14H11FN2O5S/c15-11-2-1-10(6-12(11)17(20)21)16-13(18)7-22-14(19)5-9-3-4-23-8-9/h1-4,6,8H,5,7H2,(H,16,18). The lowest BCUT2D eigenvalue weighted by atomic mass is 10.2. The molecule has 1 N–H and O–H groups in total. The molecule has 9 heteroatoms. The van der Waals surface area contributed by atoms with Gasteiger partial charge >= 0.3 is 11.7 Å². The normalized spacial score (nSPS) is 10.1. The second kappa shape index (κ2) is 7.45. The average molecular weight is 338 g/mol. The maximum Gasteiger partial charge on any atom is 0.310 e. The molecular formula is C14H11FN2O5S. The highest BCUT2D eigenvalue weighted by Gasteiger charge is 2.16. The van der Waals surface area contributed by atoms with Gasteiger partial charge in [0.25, 0.3) is 5.91 Å². The van der Waals surface area contributed by atoms with Gasteiger partial charge in [0.2, 0.25) is 5.82 Å². The summed E-state index contributed by atoms with van der Waals surface area (Å²) in [7, 11) is 0. The summed E-state index contributed by atoms with van der Waals surface area (Å²) in [5.41, 5.74) is 0.0730. The molecule has 0 aliphatic rings. The molecule has 0 spiro atoms. The molecule has 1 aromatic carbocycles. The lowest BCUT2D eigenvalue weighted by Crippen LogP contribution is -2.21. The number of nitrogens with zero attached hydrogens (tertiary/aromatic N) is 1. The summed E-state index contributed by atoms with van der Waals surface area (Å²) in [6.07, 6.45) is 0.0544. The second-order valence-electron chi connectivity index (χ2n) is 4.44. The van der Waals surface area contributed by atoms with Crippen LogP contribution in [-0.2, 0) is 20.7 Å². The van der Waals surface area contributed by atoms with Gasteiger partial charge in [-0.2, -0.15) is 15.7 Å². The highest BCUT2D eigenvalue weighted by Crippen LogP contribution is 2.21. The molecule has 1 amide bonds. The Hall–Kier alpha value is -2.81. The minimum Gasteiger partial charge on any atom is -0.455 e. The zero-order valence-electron chi connectivity index (χ0n) is 11.7. The number of ether oxygens (including phenoxy) is 1. The first-order valence-electron chi connectivity index (χ1n) is 6.36. The Kier molecular flexibility index (Phi) is 5.36. The van der Waals surface area contributed by atoms with Gasteiger partial charge in [0.1, 0.15) is 0 Å². The molecule has 1 heterocycles. The largest absolute Gasteiger partial charge is 0.455 e. The van der Waals surface area contributed by atoms with Gasteiger partial charge in [0, 0.05) is 11.8 Å². The fraction of sp³-hybridized carbons (Fsp3) is 0.143. The van der Waals surface area contributed by atoms with E-state index in [0.29, 0.717) is 0 Å². The average Bonchev–Trinajstić information content (AvgIpc) is 3.00. The first kappa shape index (κ1) is 16.6. The molecule has 0 atom stereocenters. The number of hydrogen-bond acceptors (Lipinski definition) is 6. The van der Waals surface area contributed by atoms with Crippen molar-refractivity contribution in [3.63, 3.8) is 0 Å². The number of halogens is 1. The van der Waals surface area contributed by atoms with Crippen LogP contribution in [0.4, 0.5) is 15.8 Å². The zero-order valence-corrected chi connectivity index (χ0v) is 12.5. The van der Waals surface area contributed by atoms with Crippen molar-refractivity contribution in [1.82, 2.24) is 0 Å². The zero-order chi connectivity index (χ0) is 16.8. The van der Waals surface area contributed by atoms with E-state index in [1.54, 1.807) is 11.4 Å². The predicted octanol–water partition coefficient (Wildman–Crippen LogP) is 2.52. The number of nitro benzene ring substituents is 1. The maximum atomic E-state index is 13.2. The van der Waals surface area contributed by atoms with E-state index in [2.05, 4.69) is 5.32 Å². The smallest absolute Gasteiger partial charge is 0.310 e. The Morgan fingerprint density at radius 2 is 2.13 bits per heavy atom. The number of carbonyl (C=O) groups is 2. The van der Waals surface area contributed by atoms with Gasteiger partial charge in [-0.3, -0.25) is 19.7 Å². The summed E-state index contributed by atoms with van der Waals surface area (Å²) in [6.45, 7) is -0.534. The Labute approximate surface area is 133 Å². The van der Waals surface area contributed by atoms with E-state index in [1.165, 1.54) is 17.4 Å². The minimum absolute atomic E-state index is 0.0389. The van der Waals surface area contributed by atoms with Crippen molar-refractivity contribution in [2.45, 2.75) is 6.42 Å². The highest BCUT2D eigenvalue weighted by molar-refractivity contribution is 7.07. The number of hydrogen-bond donors (Lipinski definition) is 1. The number of nitrogens with one attached hydrogen (secondary N) is 1.